The molecule has 1 saturated heterocycles. The summed E-state index contributed by atoms with van der Waals surface area (Å²) in [4.78, 5) is 18.4. The minimum Gasteiger partial charge on any atom is -0.307 e. The molecule has 0 bridgehead atoms. The molecule has 0 aliphatic carbocycles. The maximum absolute atomic E-state index is 12.7. The first-order valence-electron chi connectivity index (χ1n) is 8.75. The second-order valence-electron chi connectivity index (χ2n) is 6.71. The van der Waals surface area contributed by atoms with E-state index < -0.39 is 11.7 Å². The van der Waals surface area contributed by atoms with Crippen molar-refractivity contribution in [3.05, 3.63) is 71.9 Å². The summed E-state index contributed by atoms with van der Waals surface area (Å²) in [6.45, 7) is 0. The van der Waals surface area contributed by atoms with Crippen LogP contribution < -0.4 is 4.90 Å². The fourth-order valence-electron chi connectivity index (χ4n) is 3.52. The minimum absolute atomic E-state index is 0.0346. The zero-order valence-electron chi connectivity index (χ0n) is 14.4. The van der Waals surface area contributed by atoms with E-state index in [2.05, 4.69) is 4.98 Å². The molecular weight excluding hydrogens is 353 g/mol. The lowest BCUT2D eigenvalue weighted by molar-refractivity contribution is -0.137. The van der Waals surface area contributed by atoms with Crippen molar-refractivity contribution < 1.29 is 18.0 Å². The molecule has 0 radical (unpaired) electrons. The lowest BCUT2D eigenvalue weighted by Gasteiger charge is -2.41. The van der Waals surface area contributed by atoms with Crippen LogP contribution in [-0.2, 0) is 17.4 Å². The molecule has 3 aromatic rings. The molecule has 27 heavy (non-hydrogen) atoms. The van der Waals surface area contributed by atoms with Gasteiger partial charge in [-0.2, -0.15) is 13.2 Å². The Morgan fingerprint density at radius 1 is 1.04 bits per heavy atom. The summed E-state index contributed by atoms with van der Waals surface area (Å²) >= 11 is 0. The molecule has 1 atom stereocenters. The molecule has 1 fully saturated rings. The fourth-order valence-corrected chi connectivity index (χ4v) is 3.52. The van der Waals surface area contributed by atoms with Gasteiger partial charge in [0.15, 0.2) is 0 Å². The summed E-state index contributed by atoms with van der Waals surface area (Å²) in [6, 6.07) is 14.8. The molecule has 138 valence electrons. The zero-order valence-corrected chi connectivity index (χ0v) is 14.4. The molecule has 1 aliphatic heterocycles. The SMILES string of the molecule is O=C1CC(CCc2ccc(C(F)(F)F)cc2)N1c1cccc2cccnc12. The molecule has 1 unspecified atom stereocenters. The van der Waals surface area contributed by atoms with E-state index in [-0.39, 0.29) is 11.9 Å². The molecular formula is C21H17F3N2O. The Labute approximate surface area is 154 Å². The molecule has 0 spiro atoms. The first-order chi connectivity index (χ1) is 12.9. The highest BCUT2D eigenvalue weighted by atomic mass is 19.4. The number of carbonyl (C=O) groups is 1. The van der Waals surface area contributed by atoms with E-state index in [0.717, 1.165) is 34.3 Å². The van der Waals surface area contributed by atoms with Gasteiger partial charge in [-0.3, -0.25) is 9.78 Å². The van der Waals surface area contributed by atoms with Gasteiger partial charge >= 0.3 is 6.18 Å². The third-order valence-corrected chi connectivity index (χ3v) is 4.96. The summed E-state index contributed by atoms with van der Waals surface area (Å²) < 4.78 is 38.0. The smallest absolute Gasteiger partial charge is 0.307 e. The molecule has 1 aromatic heterocycles. The molecule has 3 nitrogen and oxygen atoms in total. The number of carbonyl (C=O) groups excluding carboxylic acids is 1. The molecule has 0 saturated carbocycles. The van der Waals surface area contributed by atoms with Crippen molar-refractivity contribution in [1.29, 1.82) is 0 Å². The number of halogens is 3. The average Bonchev–Trinajstić information content (AvgIpc) is 2.65. The summed E-state index contributed by atoms with van der Waals surface area (Å²) in [5, 5.41) is 0.969. The van der Waals surface area contributed by atoms with Crippen molar-refractivity contribution in [3.63, 3.8) is 0 Å². The Hall–Kier alpha value is -2.89. The van der Waals surface area contributed by atoms with Crippen molar-refractivity contribution in [1.82, 2.24) is 4.98 Å². The van der Waals surface area contributed by atoms with Crippen LogP contribution in [-0.4, -0.2) is 16.9 Å². The first-order valence-corrected chi connectivity index (χ1v) is 8.75. The number of rotatable bonds is 4. The van der Waals surface area contributed by atoms with Gasteiger partial charge in [0, 0.05) is 24.0 Å². The topological polar surface area (TPSA) is 33.2 Å². The highest BCUT2D eigenvalue weighted by molar-refractivity contribution is 6.06. The Bertz CT molecular complexity index is 977. The van der Waals surface area contributed by atoms with Crippen LogP contribution in [0.15, 0.2) is 60.8 Å². The quantitative estimate of drug-likeness (QED) is 0.606. The van der Waals surface area contributed by atoms with E-state index in [9.17, 15) is 18.0 Å². The minimum atomic E-state index is -4.32. The Morgan fingerprint density at radius 2 is 1.78 bits per heavy atom. The molecule has 6 heteroatoms. The highest BCUT2D eigenvalue weighted by Gasteiger charge is 2.37. The molecule has 2 heterocycles. The maximum Gasteiger partial charge on any atom is 0.416 e. The Kier molecular flexibility index (Phi) is 4.34. The summed E-state index contributed by atoms with van der Waals surface area (Å²) in [7, 11) is 0. The average molecular weight is 370 g/mol. The number of β-lactam (4-membered cyclic amide) rings is 1. The number of fused-ring (bicyclic) bond motifs is 1. The van der Waals surface area contributed by atoms with E-state index in [1.807, 2.05) is 30.3 Å². The highest BCUT2D eigenvalue weighted by Crippen LogP contribution is 2.35. The molecule has 4 rings (SSSR count). The van der Waals surface area contributed by atoms with Crippen LogP contribution in [0.5, 0.6) is 0 Å². The van der Waals surface area contributed by atoms with Crippen molar-refractivity contribution >= 4 is 22.5 Å². The summed E-state index contributed by atoms with van der Waals surface area (Å²) in [5.74, 6) is 0.0468. The number of anilines is 1. The van der Waals surface area contributed by atoms with Gasteiger partial charge < -0.3 is 4.90 Å². The molecule has 0 N–H and O–H groups in total. The number of hydrogen-bond donors (Lipinski definition) is 0. The number of para-hydroxylation sites is 1. The van der Waals surface area contributed by atoms with E-state index in [1.165, 1.54) is 12.1 Å². The standard InChI is InChI=1S/C21H17F3N2O/c22-21(23,24)16-9-6-14(7-10-16)8-11-17-13-19(27)26(17)18-5-1-3-15-4-2-12-25-20(15)18/h1-7,9-10,12,17H,8,11,13H2. The van der Waals surface area contributed by atoms with E-state index in [4.69, 9.17) is 0 Å². The monoisotopic (exact) mass is 370 g/mol. The molecule has 1 amide bonds. The molecule has 1 aliphatic rings. The number of alkyl halides is 3. The third-order valence-electron chi connectivity index (χ3n) is 4.96. The predicted octanol–water partition coefficient (Wildman–Crippen LogP) is 4.99. The van der Waals surface area contributed by atoms with E-state index >= 15 is 0 Å². The van der Waals surface area contributed by atoms with Crippen LogP contribution in [0.3, 0.4) is 0 Å². The van der Waals surface area contributed by atoms with E-state index in [1.54, 1.807) is 11.1 Å². The maximum atomic E-state index is 12.7. The van der Waals surface area contributed by atoms with Crippen molar-refractivity contribution in [2.45, 2.75) is 31.5 Å². The number of benzene rings is 2. The van der Waals surface area contributed by atoms with Gasteiger partial charge in [0.25, 0.3) is 0 Å². The number of pyridine rings is 1. The Morgan fingerprint density at radius 3 is 2.48 bits per heavy atom. The van der Waals surface area contributed by atoms with Crippen LogP contribution >= 0.6 is 0 Å². The number of aromatic nitrogens is 1. The largest absolute Gasteiger partial charge is 0.416 e. The van der Waals surface area contributed by atoms with Gasteiger partial charge in [0.05, 0.1) is 16.8 Å². The lowest BCUT2D eigenvalue weighted by Crippen LogP contribution is -2.53. The van der Waals surface area contributed by atoms with Gasteiger partial charge in [0.2, 0.25) is 5.91 Å². The summed E-state index contributed by atoms with van der Waals surface area (Å²) in [5.41, 5.74) is 1.77. The third kappa shape index (κ3) is 3.39. The number of amides is 1. The van der Waals surface area contributed by atoms with Crippen molar-refractivity contribution in [2.75, 3.05) is 4.90 Å². The fraction of sp³-hybridized carbons (Fsp3) is 0.238. The van der Waals surface area contributed by atoms with Gasteiger partial charge in [-0.1, -0.05) is 30.3 Å². The van der Waals surface area contributed by atoms with Crippen molar-refractivity contribution in [3.8, 4) is 0 Å². The van der Waals surface area contributed by atoms with Crippen LogP contribution in [0.4, 0.5) is 18.9 Å². The van der Waals surface area contributed by atoms with Gasteiger partial charge in [-0.05, 0) is 42.7 Å². The van der Waals surface area contributed by atoms with Crippen LogP contribution in [0.1, 0.15) is 24.0 Å². The van der Waals surface area contributed by atoms with Crippen LogP contribution in [0, 0.1) is 0 Å². The number of hydrogen-bond acceptors (Lipinski definition) is 2. The Balaban J connectivity index is 1.49. The summed E-state index contributed by atoms with van der Waals surface area (Å²) in [6.07, 6.45) is -0.862. The van der Waals surface area contributed by atoms with Crippen LogP contribution in [0.25, 0.3) is 10.9 Å². The van der Waals surface area contributed by atoms with E-state index in [0.29, 0.717) is 19.3 Å². The van der Waals surface area contributed by atoms with Crippen LogP contribution in [0.2, 0.25) is 0 Å². The number of aryl methyl sites for hydroxylation is 1. The van der Waals surface area contributed by atoms with Gasteiger partial charge in [-0.15, -0.1) is 0 Å². The normalized spacial score (nSPS) is 17.2. The second-order valence-corrected chi connectivity index (χ2v) is 6.71. The lowest BCUT2D eigenvalue weighted by atomic mass is 9.93. The predicted molar refractivity (Wildman–Crippen MR) is 97.4 cm³/mol. The molecule has 2 aromatic carbocycles. The van der Waals surface area contributed by atoms with Gasteiger partial charge in [0.1, 0.15) is 0 Å². The first kappa shape index (κ1) is 17.5. The van der Waals surface area contributed by atoms with Crippen molar-refractivity contribution in [2.24, 2.45) is 0 Å². The zero-order chi connectivity index (χ0) is 19.0. The second kappa shape index (κ2) is 6.68. The van der Waals surface area contributed by atoms with Gasteiger partial charge in [-0.25, -0.2) is 0 Å². The number of nitrogens with zero attached hydrogens (tertiary/aromatic N) is 2.